The lowest BCUT2D eigenvalue weighted by Gasteiger charge is -1.93. The first kappa shape index (κ1) is 8.33. The minimum Gasteiger partial charge on any atom is -0.410 e. The van der Waals surface area contributed by atoms with Crippen molar-refractivity contribution in [3.63, 3.8) is 0 Å². The summed E-state index contributed by atoms with van der Waals surface area (Å²) < 4.78 is 4.83. The molecule has 0 heterocycles. The van der Waals surface area contributed by atoms with E-state index >= 15 is 0 Å². The summed E-state index contributed by atoms with van der Waals surface area (Å²) >= 11 is 9.52. The molecule has 0 aromatic rings. The van der Waals surface area contributed by atoms with Crippen LogP contribution < -0.4 is 0 Å². The van der Waals surface area contributed by atoms with E-state index in [-0.39, 0.29) is 0 Å². The fourth-order valence-electron chi connectivity index (χ4n) is 0.153. The normalized spacial score (nSPS) is 8.12. The largest absolute Gasteiger partial charge is 0.410 e. The van der Waals surface area contributed by atoms with Crippen molar-refractivity contribution in [1.82, 2.24) is 0 Å². The Morgan fingerprint density at radius 3 is 3.00 bits per heavy atom. The Labute approximate surface area is 64.1 Å². The van der Waals surface area contributed by atoms with Crippen molar-refractivity contribution < 1.29 is 4.18 Å². The molecule has 0 spiro atoms. The van der Waals surface area contributed by atoms with Crippen molar-refractivity contribution in [2.45, 2.75) is 0 Å². The maximum absolute atomic E-state index is 4.64. The molecule has 0 saturated carbocycles. The fourth-order valence-corrected chi connectivity index (χ4v) is 0.822. The van der Waals surface area contributed by atoms with E-state index in [0.717, 1.165) is 5.75 Å². The van der Waals surface area contributed by atoms with E-state index in [9.17, 15) is 0 Å². The molecule has 0 N–H and O–H groups in total. The lowest BCUT2D eigenvalue weighted by Crippen LogP contribution is -1.85. The van der Waals surface area contributed by atoms with Gasteiger partial charge in [-0.3, -0.25) is 0 Å². The molecule has 0 aliphatic heterocycles. The highest BCUT2D eigenvalue weighted by Crippen LogP contribution is 2.05. The molecule has 0 saturated heterocycles. The summed E-state index contributed by atoms with van der Waals surface area (Å²) in [4.78, 5) is 0. The Bertz CT molecular complexity index is 91.3. The highest BCUT2D eigenvalue weighted by Gasteiger charge is 1.90. The van der Waals surface area contributed by atoms with E-state index in [0.29, 0.717) is 4.38 Å². The third-order valence-electron chi connectivity index (χ3n) is 0.394. The van der Waals surface area contributed by atoms with Crippen molar-refractivity contribution >= 4 is 41.3 Å². The van der Waals surface area contributed by atoms with Crippen LogP contribution in [0.3, 0.4) is 0 Å². The first-order chi connectivity index (χ1) is 3.81. The van der Waals surface area contributed by atoms with Crippen LogP contribution in [-0.2, 0) is 4.18 Å². The molecule has 0 rings (SSSR count). The highest BCUT2D eigenvalue weighted by atomic mass is 32.2. The molecule has 0 aromatic heterocycles. The Morgan fingerprint density at radius 1 is 2.00 bits per heavy atom. The average Bonchev–Trinajstić information content (AvgIpc) is 1.83. The molecule has 0 bridgehead atoms. The number of hydrogen-bond acceptors (Lipinski definition) is 4. The van der Waals surface area contributed by atoms with Crippen LogP contribution in [0.25, 0.3) is 0 Å². The van der Waals surface area contributed by atoms with Gasteiger partial charge in [0.2, 0.25) is 4.38 Å². The molecule has 0 aliphatic carbocycles. The number of rotatable bonds is 2. The van der Waals surface area contributed by atoms with Crippen LogP contribution in [0.15, 0.2) is 12.7 Å². The molecule has 0 aromatic carbocycles. The average molecular weight is 166 g/mol. The lowest BCUT2D eigenvalue weighted by molar-refractivity contribution is 0.695. The predicted molar refractivity (Wildman–Crippen MR) is 45.3 cm³/mol. The van der Waals surface area contributed by atoms with Crippen molar-refractivity contribution in [2.24, 2.45) is 0 Å². The number of hydrogen-bond donors (Lipinski definition) is 1. The molecule has 0 radical (unpaired) electrons. The highest BCUT2D eigenvalue weighted by molar-refractivity contribution is 8.23. The van der Waals surface area contributed by atoms with Crippen LogP contribution in [0.4, 0.5) is 0 Å². The molecule has 0 aliphatic rings. The predicted octanol–water partition coefficient (Wildman–Crippen LogP) is 2.05. The van der Waals surface area contributed by atoms with E-state index in [1.165, 1.54) is 11.8 Å². The van der Waals surface area contributed by atoms with Crippen molar-refractivity contribution in [3.05, 3.63) is 12.7 Å². The molecular formula is C4H6OS3. The van der Waals surface area contributed by atoms with Crippen LogP contribution in [0, 0.1) is 0 Å². The van der Waals surface area contributed by atoms with Gasteiger partial charge in [0.1, 0.15) is 0 Å². The minimum absolute atomic E-state index is 0.438. The third-order valence-corrected chi connectivity index (χ3v) is 1.98. The molecule has 1 nitrogen and oxygen atoms in total. The van der Waals surface area contributed by atoms with Crippen LogP contribution in [0.1, 0.15) is 0 Å². The minimum atomic E-state index is 0.438. The fraction of sp³-hybridized carbons (Fsp3) is 0.250. The first-order valence-electron chi connectivity index (χ1n) is 1.90. The number of thiocarbonyl (C=S) groups is 1. The zero-order valence-electron chi connectivity index (χ0n) is 4.16. The summed E-state index contributed by atoms with van der Waals surface area (Å²) in [5.74, 6) is 0.777. The summed E-state index contributed by atoms with van der Waals surface area (Å²) in [5.41, 5.74) is 0. The van der Waals surface area contributed by atoms with Gasteiger partial charge in [-0.2, -0.15) is 0 Å². The maximum Gasteiger partial charge on any atom is 0.234 e. The Kier molecular flexibility index (Phi) is 5.69. The molecule has 0 atom stereocenters. The van der Waals surface area contributed by atoms with Gasteiger partial charge < -0.3 is 4.18 Å². The van der Waals surface area contributed by atoms with Gasteiger partial charge >= 0.3 is 0 Å². The zero-order valence-corrected chi connectivity index (χ0v) is 6.69. The van der Waals surface area contributed by atoms with E-state index < -0.39 is 0 Å². The van der Waals surface area contributed by atoms with E-state index in [2.05, 4.69) is 35.9 Å². The third kappa shape index (κ3) is 4.49. The van der Waals surface area contributed by atoms with Crippen molar-refractivity contribution in [1.29, 1.82) is 0 Å². The number of thiol groups is 1. The second-order valence-electron chi connectivity index (χ2n) is 0.941. The summed E-state index contributed by atoms with van der Waals surface area (Å²) in [6, 6.07) is 0. The maximum atomic E-state index is 4.64. The van der Waals surface area contributed by atoms with Gasteiger partial charge in [0.25, 0.3) is 0 Å². The summed E-state index contributed by atoms with van der Waals surface area (Å²) in [7, 11) is 0. The van der Waals surface area contributed by atoms with E-state index in [4.69, 9.17) is 0 Å². The second kappa shape index (κ2) is 5.47. The first-order valence-corrected chi connectivity index (χ1v) is 3.66. The molecular weight excluding hydrogens is 160 g/mol. The molecule has 4 heteroatoms. The van der Waals surface area contributed by atoms with Crippen LogP contribution in [-0.4, -0.2) is 10.1 Å². The molecule has 0 unspecified atom stereocenters. The zero-order chi connectivity index (χ0) is 6.41. The Morgan fingerprint density at radius 2 is 2.62 bits per heavy atom. The van der Waals surface area contributed by atoms with Gasteiger partial charge in [-0.15, -0.1) is 6.58 Å². The quantitative estimate of drug-likeness (QED) is 0.291. The Hall–Kier alpha value is 0.330. The summed E-state index contributed by atoms with van der Waals surface area (Å²) in [6.45, 7) is 3.51. The van der Waals surface area contributed by atoms with Crippen molar-refractivity contribution in [3.8, 4) is 0 Å². The molecule has 46 valence electrons. The van der Waals surface area contributed by atoms with Crippen LogP contribution in [0.2, 0.25) is 0 Å². The van der Waals surface area contributed by atoms with Gasteiger partial charge in [0.05, 0.1) is 0 Å². The number of thioether (sulfide) groups is 1. The van der Waals surface area contributed by atoms with Gasteiger partial charge in [0, 0.05) is 18.7 Å². The van der Waals surface area contributed by atoms with Crippen LogP contribution in [0.5, 0.6) is 0 Å². The van der Waals surface area contributed by atoms with E-state index in [1.807, 2.05) is 0 Å². The topological polar surface area (TPSA) is 9.23 Å². The summed E-state index contributed by atoms with van der Waals surface area (Å²) in [5, 5.41) is 0. The molecule has 8 heavy (non-hydrogen) atoms. The monoisotopic (exact) mass is 166 g/mol. The Balaban J connectivity index is 3.11. The van der Waals surface area contributed by atoms with E-state index in [1.54, 1.807) is 6.08 Å². The standard InChI is InChI=1S/C4H6OS3/c1-2-3-8-4(6)5-7/h2,7H,1,3H2. The smallest absolute Gasteiger partial charge is 0.234 e. The SMILES string of the molecule is C=CCSC(=S)OS. The van der Waals surface area contributed by atoms with Crippen molar-refractivity contribution in [2.75, 3.05) is 5.75 Å². The molecule has 0 fully saturated rings. The van der Waals surface area contributed by atoms with Gasteiger partial charge in [-0.1, -0.05) is 17.8 Å². The van der Waals surface area contributed by atoms with Gasteiger partial charge in [0.15, 0.2) is 0 Å². The lowest BCUT2D eigenvalue weighted by atomic mass is 10.8. The second-order valence-corrected chi connectivity index (χ2v) is 2.75. The van der Waals surface area contributed by atoms with Gasteiger partial charge in [-0.25, -0.2) is 0 Å². The van der Waals surface area contributed by atoms with Gasteiger partial charge in [-0.05, 0) is 12.2 Å². The van der Waals surface area contributed by atoms with Crippen LogP contribution >= 0.6 is 36.9 Å². The molecule has 0 amide bonds. The summed E-state index contributed by atoms with van der Waals surface area (Å²) in [6.07, 6.45) is 1.75.